The van der Waals surface area contributed by atoms with Gasteiger partial charge in [0, 0.05) is 27.0 Å². The van der Waals surface area contributed by atoms with Crippen molar-refractivity contribution in [1.29, 1.82) is 0 Å². The Kier molecular flexibility index (Phi) is 8.14. The first-order chi connectivity index (χ1) is 14.4. The van der Waals surface area contributed by atoms with Crippen LogP contribution < -0.4 is 0 Å². The van der Waals surface area contributed by atoms with E-state index in [2.05, 4.69) is 24.6 Å². The number of fused-ring (bicyclic) bond motifs is 1. The van der Waals surface area contributed by atoms with Crippen LogP contribution in [0.15, 0.2) is 36.4 Å². The highest BCUT2D eigenvalue weighted by atomic mass is 28.3. The number of esters is 1. The van der Waals surface area contributed by atoms with E-state index in [1.165, 1.54) is 6.92 Å². The standard InChI is InChI=1S/C24H33NO5Si/c1-17(30-18(2)26)21-10-9-20-8-7-19(15-22(20)25-21)11-12-24(3,23(27)28)16-29-13-14-31(4,5)6/h7-12,15,17H,13-14,16H2,1-6H3,(H,27,28)/b12-11+/t17-,24+/m1/s1. The summed E-state index contributed by atoms with van der Waals surface area (Å²) < 4.78 is 10.9. The van der Waals surface area contributed by atoms with E-state index >= 15 is 0 Å². The lowest BCUT2D eigenvalue weighted by atomic mass is 9.90. The topological polar surface area (TPSA) is 85.7 Å². The minimum atomic E-state index is -1.23. The zero-order valence-corrected chi connectivity index (χ0v) is 20.3. The van der Waals surface area contributed by atoms with Crippen molar-refractivity contribution >= 4 is 37.0 Å². The fourth-order valence-corrected chi connectivity index (χ4v) is 3.67. The maximum Gasteiger partial charge on any atom is 0.315 e. The van der Waals surface area contributed by atoms with Crippen LogP contribution in [-0.2, 0) is 19.1 Å². The van der Waals surface area contributed by atoms with Crippen LogP contribution in [0.25, 0.3) is 17.0 Å². The molecule has 1 N–H and O–H groups in total. The van der Waals surface area contributed by atoms with Crippen LogP contribution >= 0.6 is 0 Å². The van der Waals surface area contributed by atoms with Crippen molar-refractivity contribution in [2.24, 2.45) is 5.41 Å². The van der Waals surface area contributed by atoms with Crippen LogP contribution in [-0.4, -0.2) is 43.3 Å². The molecule has 0 aliphatic heterocycles. The number of rotatable bonds is 10. The van der Waals surface area contributed by atoms with Crippen molar-refractivity contribution in [3.8, 4) is 0 Å². The van der Waals surface area contributed by atoms with Gasteiger partial charge in [-0.05, 0) is 37.6 Å². The van der Waals surface area contributed by atoms with E-state index in [0.29, 0.717) is 12.3 Å². The number of carboxylic acid groups (broad SMARTS) is 1. The van der Waals surface area contributed by atoms with Crippen molar-refractivity contribution in [1.82, 2.24) is 4.98 Å². The van der Waals surface area contributed by atoms with Gasteiger partial charge in [-0.3, -0.25) is 9.59 Å². The number of pyridine rings is 1. The third-order valence-corrected chi connectivity index (χ3v) is 6.73. The first-order valence-electron chi connectivity index (χ1n) is 10.5. The Hall–Kier alpha value is -2.51. The molecule has 0 aliphatic carbocycles. The maximum absolute atomic E-state index is 11.9. The maximum atomic E-state index is 11.9. The fraction of sp³-hybridized carbons (Fsp3) is 0.458. The highest BCUT2D eigenvalue weighted by Gasteiger charge is 2.30. The molecule has 0 saturated heterocycles. The van der Waals surface area contributed by atoms with Gasteiger partial charge in [0.15, 0.2) is 0 Å². The monoisotopic (exact) mass is 443 g/mol. The molecule has 6 nitrogen and oxygen atoms in total. The van der Waals surface area contributed by atoms with Gasteiger partial charge in [-0.1, -0.05) is 50.0 Å². The summed E-state index contributed by atoms with van der Waals surface area (Å²) >= 11 is 0. The molecule has 2 atom stereocenters. The van der Waals surface area contributed by atoms with E-state index in [0.717, 1.165) is 22.5 Å². The molecule has 31 heavy (non-hydrogen) atoms. The van der Waals surface area contributed by atoms with Gasteiger partial charge in [0.25, 0.3) is 0 Å². The fourth-order valence-electron chi connectivity index (χ4n) is 2.91. The Morgan fingerprint density at radius 1 is 1.23 bits per heavy atom. The minimum absolute atomic E-state index is 0.124. The van der Waals surface area contributed by atoms with Crippen molar-refractivity contribution < 1.29 is 24.2 Å². The van der Waals surface area contributed by atoms with Crippen LogP contribution in [0.5, 0.6) is 0 Å². The molecular weight excluding hydrogens is 410 g/mol. The Labute approximate surface area is 185 Å². The van der Waals surface area contributed by atoms with Crippen LogP contribution in [0.1, 0.15) is 38.1 Å². The molecule has 0 saturated carbocycles. The first kappa shape index (κ1) is 24.8. The molecule has 2 aromatic rings. The van der Waals surface area contributed by atoms with Gasteiger partial charge in [0.05, 0.1) is 17.8 Å². The largest absolute Gasteiger partial charge is 0.481 e. The second-order valence-corrected chi connectivity index (χ2v) is 15.0. The third kappa shape index (κ3) is 7.59. The zero-order valence-electron chi connectivity index (χ0n) is 19.3. The van der Waals surface area contributed by atoms with Crippen LogP contribution in [0.4, 0.5) is 0 Å². The molecular formula is C24H33NO5Si. The molecule has 0 spiro atoms. The molecule has 1 heterocycles. The van der Waals surface area contributed by atoms with E-state index in [-0.39, 0.29) is 12.6 Å². The molecule has 0 aliphatic rings. The van der Waals surface area contributed by atoms with Gasteiger partial charge < -0.3 is 14.6 Å². The first-order valence-corrected chi connectivity index (χ1v) is 14.2. The second-order valence-electron chi connectivity index (χ2n) is 9.36. The van der Waals surface area contributed by atoms with E-state index < -0.39 is 25.6 Å². The van der Waals surface area contributed by atoms with Gasteiger partial charge >= 0.3 is 11.9 Å². The van der Waals surface area contributed by atoms with Gasteiger partial charge in [-0.15, -0.1) is 0 Å². The molecule has 0 fully saturated rings. The molecule has 0 radical (unpaired) electrons. The van der Waals surface area contributed by atoms with E-state index in [9.17, 15) is 14.7 Å². The van der Waals surface area contributed by atoms with Crippen LogP contribution in [0.2, 0.25) is 25.7 Å². The Morgan fingerprint density at radius 3 is 2.52 bits per heavy atom. The van der Waals surface area contributed by atoms with Crippen molar-refractivity contribution in [2.45, 2.75) is 52.6 Å². The van der Waals surface area contributed by atoms with Gasteiger partial charge in [-0.2, -0.15) is 0 Å². The molecule has 1 aromatic heterocycles. The normalized spacial score (nSPS) is 15.0. The number of hydrogen-bond acceptors (Lipinski definition) is 5. The molecule has 0 bridgehead atoms. The summed E-state index contributed by atoms with van der Waals surface area (Å²) in [7, 11) is -1.23. The van der Waals surface area contributed by atoms with E-state index in [4.69, 9.17) is 9.47 Å². The smallest absolute Gasteiger partial charge is 0.315 e. The summed E-state index contributed by atoms with van der Waals surface area (Å²) in [5.74, 6) is -1.28. The summed E-state index contributed by atoms with van der Waals surface area (Å²) in [5.41, 5.74) is 1.14. The summed E-state index contributed by atoms with van der Waals surface area (Å²) in [6, 6.07) is 10.5. The molecule has 0 unspecified atom stereocenters. The minimum Gasteiger partial charge on any atom is -0.481 e. The number of ether oxygens (including phenoxy) is 2. The lowest BCUT2D eigenvalue weighted by Gasteiger charge is -2.22. The van der Waals surface area contributed by atoms with Gasteiger partial charge in [-0.25, -0.2) is 4.98 Å². The Bertz CT molecular complexity index is 966. The average molecular weight is 444 g/mol. The average Bonchev–Trinajstić information content (AvgIpc) is 2.67. The Balaban J connectivity index is 2.18. The third-order valence-electron chi connectivity index (χ3n) is 5.03. The predicted octanol–water partition coefficient (Wildman–Crippen LogP) is 5.32. The number of carboxylic acids is 1. The summed E-state index contributed by atoms with van der Waals surface area (Å²) in [4.78, 5) is 27.7. The molecule has 7 heteroatoms. The van der Waals surface area contributed by atoms with Crippen molar-refractivity contribution in [3.05, 3.63) is 47.7 Å². The second kappa shape index (κ2) is 10.2. The highest BCUT2D eigenvalue weighted by Crippen LogP contribution is 2.24. The SMILES string of the molecule is CC(=O)O[C@H](C)c1ccc2ccc(/C=C/[C@@](C)(COCC[Si](C)(C)C)C(=O)O)cc2n1. The summed E-state index contributed by atoms with van der Waals surface area (Å²) in [5, 5.41) is 10.7. The van der Waals surface area contributed by atoms with Crippen LogP contribution in [0, 0.1) is 5.41 Å². The number of aromatic nitrogens is 1. The van der Waals surface area contributed by atoms with E-state index in [1.807, 2.05) is 30.3 Å². The molecule has 0 amide bonds. The number of hydrogen-bond donors (Lipinski definition) is 1. The number of nitrogens with zero attached hydrogens (tertiary/aromatic N) is 1. The van der Waals surface area contributed by atoms with E-state index in [1.54, 1.807) is 26.0 Å². The lowest BCUT2D eigenvalue weighted by Crippen LogP contribution is -2.32. The quantitative estimate of drug-likeness (QED) is 0.304. The van der Waals surface area contributed by atoms with Crippen molar-refractivity contribution in [2.75, 3.05) is 13.2 Å². The van der Waals surface area contributed by atoms with Crippen LogP contribution in [0.3, 0.4) is 0 Å². The van der Waals surface area contributed by atoms with Gasteiger partial charge in [0.2, 0.25) is 0 Å². The molecule has 168 valence electrons. The summed E-state index contributed by atoms with van der Waals surface area (Å²) in [6.45, 7) is 12.3. The predicted molar refractivity (Wildman–Crippen MR) is 126 cm³/mol. The highest BCUT2D eigenvalue weighted by molar-refractivity contribution is 6.76. The zero-order chi connectivity index (χ0) is 23.2. The lowest BCUT2D eigenvalue weighted by molar-refractivity contribution is -0.148. The molecule has 2 rings (SSSR count). The molecule has 1 aromatic carbocycles. The number of benzene rings is 1. The summed E-state index contributed by atoms with van der Waals surface area (Å²) in [6.07, 6.45) is 3.03. The Morgan fingerprint density at radius 2 is 1.90 bits per heavy atom. The van der Waals surface area contributed by atoms with Gasteiger partial charge in [0.1, 0.15) is 11.5 Å². The number of aliphatic carboxylic acids is 1. The van der Waals surface area contributed by atoms with Crippen molar-refractivity contribution in [3.63, 3.8) is 0 Å². The number of carbonyl (C=O) groups excluding carboxylic acids is 1. The number of carbonyl (C=O) groups is 2.